The quantitative estimate of drug-likeness (QED) is 0.761. The lowest BCUT2D eigenvalue weighted by Gasteiger charge is -2.41. The van der Waals surface area contributed by atoms with E-state index in [1.807, 2.05) is 41.5 Å². The van der Waals surface area contributed by atoms with Crippen LogP contribution in [0.5, 0.6) is 0 Å². The largest absolute Gasteiger partial charge is 0.373 e. The van der Waals surface area contributed by atoms with Crippen LogP contribution in [0.2, 0.25) is 0 Å². The van der Waals surface area contributed by atoms with Gasteiger partial charge in [-0.25, -0.2) is 0 Å². The Morgan fingerprint density at radius 1 is 1.17 bits per heavy atom. The molecule has 6 heteroatoms. The van der Waals surface area contributed by atoms with E-state index in [1.165, 1.54) is 0 Å². The van der Waals surface area contributed by atoms with Crippen LogP contribution in [0, 0.1) is 5.92 Å². The maximum Gasteiger partial charge on any atom is 0.241 e. The van der Waals surface area contributed by atoms with Crippen molar-refractivity contribution >= 4 is 11.8 Å². The highest BCUT2D eigenvalue weighted by atomic mass is 16.5. The van der Waals surface area contributed by atoms with Gasteiger partial charge in [0.1, 0.15) is 0 Å². The number of ether oxygens (including phenoxy) is 1. The molecule has 1 heterocycles. The number of amides is 2. The van der Waals surface area contributed by atoms with Crippen molar-refractivity contribution in [1.29, 1.82) is 0 Å². The second-order valence-corrected chi connectivity index (χ2v) is 6.68. The Bertz CT molecular complexity index is 387. The van der Waals surface area contributed by atoms with E-state index in [-0.39, 0.29) is 42.5 Å². The minimum absolute atomic E-state index is 0.0328. The maximum atomic E-state index is 12.6. The monoisotopic (exact) mass is 327 g/mol. The number of nitrogens with one attached hydrogen (secondary N) is 1. The summed E-state index contributed by atoms with van der Waals surface area (Å²) in [5.41, 5.74) is 0. The molecule has 0 radical (unpaired) electrons. The van der Waals surface area contributed by atoms with Crippen LogP contribution in [0.3, 0.4) is 0 Å². The van der Waals surface area contributed by atoms with Gasteiger partial charge in [0.15, 0.2) is 0 Å². The smallest absolute Gasteiger partial charge is 0.241 e. The summed E-state index contributed by atoms with van der Waals surface area (Å²) in [6, 6.07) is -0.228. The summed E-state index contributed by atoms with van der Waals surface area (Å²) < 4.78 is 5.75. The van der Waals surface area contributed by atoms with Gasteiger partial charge >= 0.3 is 0 Å². The highest BCUT2D eigenvalue weighted by Gasteiger charge is 2.34. The van der Waals surface area contributed by atoms with Gasteiger partial charge in [0, 0.05) is 26.2 Å². The van der Waals surface area contributed by atoms with Crippen LogP contribution in [-0.4, -0.2) is 72.6 Å². The number of morpholine rings is 1. The third-order valence-corrected chi connectivity index (χ3v) is 4.27. The standard InChI is InChI=1S/C17H33N3O3/c1-7-19(8-2)15(21)9-18-17(22)16(12(3)4)20-10-13(5)23-14(6)11-20/h12-14,16H,7-11H2,1-6H3,(H,18,22). The van der Waals surface area contributed by atoms with Gasteiger partial charge in [-0.05, 0) is 33.6 Å². The maximum absolute atomic E-state index is 12.6. The third-order valence-electron chi connectivity index (χ3n) is 4.27. The van der Waals surface area contributed by atoms with Crippen molar-refractivity contribution in [1.82, 2.24) is 15.1 Å². The van der Waals surface area contributed by atoms with Crippen molar-refractivity contribution in [2.75, 3.05) is 32.7 Å². The summed E-state index contributed by atoms with van der Waals surface area (Å²) in [7, 11) is 0. The number of hydrogen-bond acceptors (Lipinski definition) is 4. The van der Waals surface area contributed by atoms with Crippen molar-refractivity contribution in [3.8, 4) is 0 Å². The lowest BCUT2D eigenvalue weighted by Crippen LogP contribution is -2.57. The van der Waals surface area contributed by atoms with E-state index < -0.39 is 0 Å². The first-order valence-corrected chi connectivity index (χ1v) is 8.75. The van der Waals surface area contributed by atoms with E-state index in [0.717, 1.165) is 13.1 Å². The summed E-state index contributed by atoms with van der Waals surface area (Å²) in [6.07, 6.45) is 0.232. The molecule has 1 aliphatic rings. The summed E-state index contributed by atoms with van der Waals surface area (Å²) in [6.45, 7) is 14.9. The van der Waals surface area contributed by atoms with Crippen LogP contribution >= 0.6 is 0 Å². The van der Waals surface area contributed by atoms with Gasteiger partial charge in [-0.2, -0.15) is 0 Å². The molecule has 3 atom stereocenters. The molecule has 0 bridgehead atoms. The Labute approximate surface area is 140 Å². The average molecular weight is 327 g/mol. The van der Waals surface area contributed by atoms with Crippen molar-refractivity contribution < 1.29 is 14.3 Å². The molecular weight excluding hydrogens is 294 g/mol. The zero-order chi connectivity index (χ0) is 17.6. The number of carbonyl (C=O) groups is 2. The van der Waals surface area contributed by atoms with Gasteiger partial charge in [-0.15, -0.1) is 0 Å². The molecule has 0 aliphatic carbocycles. The molecule has 0 aromatic heterocycles. The van der Waals surface area contributed by atoms with E-state index in [9.17, 15) is 9.59 Å². The van der Waals surface area contributed by atoms with Gasteiger partial charge < -0.3 is 15.0 Å². The number of hydrogen-bond donors (Lipinski definition) is 1. The molecule has 134 valence electrons. The van der Waals surface area contributed by atoms with Gasteiger partial charge in [0.05, 0.1) is 24.8 Å². The second-order valence-electron chi connectivity index (χ2n) is 6.68. The normalized spacial score (nSPS) is 23.6. The van der Waals surface area contributed by atoms with E-state index in [4.69, 9.17) is 4.74 Å². The number of rotatable bonds is 7. The van der Waals surface area contributed by atoms with Crippen LogP contribution in [0.25, 0.3) is 0 Å². The molecule has 6 nitrogen and oxygen atoms in total. The number of likely N-dealkylation sites (N-methyl/N-ethyl adjacent to an activating group) is 1. The fraction of sp³-hybridized carbons (Fsp3) is 0.882. The first-order valence-electron chi connectivity index (χ1n) is 8.75. The highest BCUT2D eigenvalue weighted by Crippen LogP contribution is 2.18. The molecule has 0 saturated carbocycles. The molecule has 3 unspecified atom stereocenters. The molecule has 0 spiro atoms. The Kier molecular flexibility index (Phi) is 7.99. The zero-order valence-corrected chi connectivity index (χ0v) is 15.5. The average Bonchev–Trinajstić information content (AvgIpc) is 2.45. The SMILES string of the molecule is CCN(CC)C(=O)CNC(=O)C(C(C)C)N1CC(C)OC(C)C1. The van der Waals surface area contributed by atoms with Crippen LogP contribution in [0.4, 0.5) is 0 Å². The Hall–Kier alpha value is -1.14. The van der Waals surface area contributed by atoms with Crippen LogP contribution in [-0.2, 0) is 14.3 Å². The van der Waals surface area contributed by atoms with Crippen molar-refractivity contribution in [2.24, 2.45) is 5.92 Å². The second kappa shape index (κ2) is 9.23. The molecular formula is C17H33N3O3. The predicted molar refractivity (Wildman–Crippen MR) is 91.1 cm³/mol. The Morgan fingerprint density at radius 2 is 1.70 bits per heavy atom. The van der Waals surface area contributed by atoms with Gasteiger partial charge in [0.2, 0.25) is 11.8 Å². The first kappa shape index (κ1) is 19.9. The van der Waals surface area contributed by atoms with Crippen LogP contribution in [0.1, 0.15) is 41.5 Å². The van der Waals surface area contributed by atoms with Crippen molar-refractivity contribution in [3.05, 3.63) is 0 Å². The lowest BCUT2D eigenvalue weighted by molar-refractivity contribution is -0.139. The van der Waals surface area contributed by atoms with E-state index in [2.05, 4.69) is 10.2 Å². The molecule has 1 fully saturated rings. The lowest BCUT2D eigenvalue weighted by atomic mass is 9.99. The molecule has 1 saturated heterocycles. The Morgan fingerprint density at radius 3 is 2.13 bits per heavy atom. The fourth-order valence-electron chi connectivity index (χ4n) is 3.29. The molecule has 1 N–H and O–H groups in total. The zero-order valence-electron chi connectivity index (χ0n) is 15.5. The number of nitrogens with zero attached hydrogens (tertiary/aromatic N) is 2. The molecule has 0 aromatic rings. The summed E-state index contributed by atoms with van der Waals surface area (Å²) >= 11 is 0. The summed E-state index contributed by atoms with van der Waals surface area (Å²) in [5.74, 6) is 0.0763. The summed E-state index contributed by atoms with van der Waals surface area (Å²) in [4.78, 5) is 28.6. The highest BCUT2D eigenvalue weighted by molar-refractivity contribution is 5.87. The van der Waals surface area contributed by atoms with E-state index in [0.29, 0.717) is 13.1 Å². The minimum atomic E-state index is -0.228. The van der Waals surface area contributed by atoms with Crippen molar-refractivity contribution in [2.45, 2.75) is 59.8 Å². The first-order chi connectivity index (χ1) is 10.8. The topological polar surface area (TPSA) is 61.9 Å². The molecule has 1 rings (SSSR count). The van der Waals surface area contributed by atoms with Crippen LogP contribution < -0.4 is 5.32 Å². The van der Waals surface area contributed by atoms with E-state index in [1.54, 1.807) is 4.90 Å². The molecule has 23 heavy (non-hydrogen) atoms. The Balaban J connectivity index is 2.66. The summed E-state index contributed by atoms with van der Waals surface area (Å²) in [5, 5.41) is 2.83. The number of carbonyl (C=O) groups excluding carboxylic acids is 2. The molecule has 0 aromatic carbocycles. The minimum Gasteiger partial charge on any atom is -0.373 e. The van der Waals surface area contributed by atoms with Crippen molar-refractivity contribution in [3.63, 3.8) is 0 Å². The molecule has 1 aliphatic heterocycles. The van der Waals surface area contributed by atoms with Gasteiger partial charge in [-0.3, -0.25) is 14.5 Å². The van der Waals surface area contributed by atoms with Gasteiger partial charge in [0.25, 0.3) is 0 Å². The van der Waals surface area contributed by atoms with Gasteiger partial charge in [-0.1, -0.05) is 13.8 Å². The molecule has 2 amide bonds. The predicted octanol–water partition coefficient (Wildman–Crippen LogP) is 1.10. The van der Waals surface area contributed by atoms with Crippen LogP contribution in [0.15, 0.2) is 0 Å². The fourth-order valence-corrected chi connectivity index (χ4v) is 3.29. The third kappa shape index (κ3) is 5.77. The van der Waals surface area contributed by atoms with E-state index >= 15 is 0 Å².